The predicted octanol–water partition coefficient (Wildman–Crippen LogP) is 6.77. The number of carbonyl (C=O) groups is 1. The fourth-order valence-corrected chi connectivity index (χ4v) is 4.99. The Bertz CT molecular complexity index is 637. The molecule has 3 heteroatoms. The van der Waals surface area contributed by atoms with Crippen LogP contribution in [0.15, 0.2) is 12.1 Å². The van der Waals surface area contributed by atoms with Crippen LogP contribution in [0.1, 0.15) is 113 Å². The van der Waals surface area contributed by atoms with Gasteiger partial charge in [0.1, 0.15) is 11.5 Å². The first kappa shape index (κ1) is 20.2. The minimum Gasteiger partial charge on any atom is -0.507 e. The molecule has 0 aromatic heterocycles. The van der Waals surface area contributed by atoms with E-state index >= 15 is 0 Å². The maximum absolute atomic E-state index is 12.5. The van der Waals surface area contributed by atoms with Crippen LogP contribution in [0, 0.1) is 5.92 Å². The van der Waals surface area contributed by atoms with Crippen molar-refractivity contribution in [2.75, 3.05) is 0 Å². The molecule has 1 fully saturated rings. The number of phenols is 1. The third-order valence-electron chi connectivity index (χ3n) is 6.46. The molecule has 1 N–H and O–H groups in total. The van der Waals surface area contributed by atoms with E-state index in [2.05, 4.69) is 13.8 Å². The predicted molar refractivity (Wildman–Crippen MR) is 110 cm³/mol. The molecule has 3 atom stereocenters. The third-order valence-corrected chi connectivity index (χ3v) is 6.46. The highest BCUT2D eigenvalue weighted by Crippen LogP contribution is 2.48. The summed E-state index contributed by atoms with van der Waals surface area (Å²) in [4.78, 5) is 12.5. The number of rotatable bonds is 9. The van der Waals surface area contributed by atoms with Crippen LogP contribution in [0.3, 0.4) is 0 Å². The smallest absolute Gasteiger partial charge is 0.167 e. The van der Waals surface area contributed by atoms with E-state index < -0.39 is 0 Å². The number of aromatic hydroxyl groups is 1. The van der Waals surface area contributed by atoms with Crippen LogP contribution < -0.4 is 4.74 Å². The molecule has 27 heavy (non-hydrogen) atoms. The molecule has 3 rings (SSSR count). The van der Waals surface area contributed by atoms with E-state index in [1.165, 1.54) is 51.4 Å². The number of Topliss-reactive ketones (excluding diaryl/α,β-unsaturated/α-hetero) is 1. The average Bonchev–Trinajstić information content (AvgIpc) is 2.64. The Morgan fingerprint density at radius 3 is 2.67 bits per heavy atom. The van der Waals surface area contributed by atoms with Crippen molar-refractivity contribution in [3.8, 4) is 11.5 Å². The largest absolute Gasteiger partial charge is 0.507 e. The van der Waals surface area contributed by atoms with E-state index in [0.717, 1.165) is 30.6 Å². The first-order valence-corrected chi connectivity index (χ1v) is 11.2. The van der Waals surface area contributed by atoms with Gasteiger partial charge in [-0.15, -0.1) is 0 Å². The lowest BCUT2D eigenvalue weighted by Gasteiger charge is -2.36. The molecular formula is C24H36O3. The van der Waals surface area contributed by atoms with Gasteiger partial charge in [-0.25, -0.2) is 0 Å². The summed E-state index contributed by atoms with van der Waals surface area (Å²) < 4.78 is 6.13. The number of unbranched alkanes of at least 4 members (excludes halogenated alkanes) is 5. The molecule has 0 amide bonds. The zero-order valence-corrected chi connectivity index (χ0v) is 17.1. The highest BCUT2D eigenvalue weighted by Gasteiger charge is 2.37. The van der Waals surface area contributed by atoms with Gasteiger partial charge in [0.2, 0.25) is 0 Å². The summed E-state index contributed by atoms with van der Waals surface area (Å²) >= 11 is 0. The molecule has 3 nitrogen and oxygen atoms in total. The van der Waals surface area contributed by atoms with Crippen molar-refractivity contribution >= 4 is 5.78 Å². The second-order valence-electron chi connectivity index (χ2n) is 8.67. The molecule has 3 unspecified atom stereocenters. The SMILES string of the molecule is CCCCCCCCC(C)Oc1cc(O)c2c(c1)C1CCCCC1CC2=O. The average molecular weight is 373 g/mol. The van der Waals surface area contributed by atoms with Gasteiger partial charge < -0.3 is 9.84 Å². The van der Waals surface area contributed by atoms with Crippen molar-refractivity contribution in [1.82, 2.24) is 0 Å². The summed E-state index contributed by atoms with van der Waals surface area (Å²) in [6.07, 6.45) is 14.2. The van der Waals surface area contributed by atoms with Gasteiger partial charge in [-0.05, 0) is 56.1 Å². The maximum atomic E-state index is 12.5. The van der Waals surface area contributed by atoms with E-state index in [1.54, 1.807) is 6.07 Å². The molecule has 0 aliphatic heterocycles. The summed E-state index contributed by atoms with van der Waals surface area (Å²) in [6, 6.07) is 3.70. The summed E-state index contributed by atoms with van der Waals surface area (Å²) in [6.45, 7) is 4.35. The second-order valence-corrected chi connectivity index (χ2v) is 8.67. The number of phenolic OH excluding ortho intramolecular Hbond substituents is 1. The summed E-state index contributed by atoms with van der Waals surface area (Å²) in [7, 11) is 0. The normalized spacial score (nSPS) is 22.8. The van der Waals surface area contributed by atoms with Gasteiger partial charge in [0.15, 0.2) is 5.78 Å². The zero-order valence-electron chi connectivity index (χ0n) is 17.1. The lowest BCUT2D eigenvalue weighted by atomic mass is 9.67. The fourth-order valence-electron chi connectivity index (χ4n) is 4.99. The fraction of sp³-hybridized carbons (Fsp3) is 0.708. The van der Waals surface area contributed by atoms with E-state index in [1.807, 2.05) is 6.07 Å². The van der Waals surface area contributed by atoms with Gasteiger partial charge in [-0.3, -0.25) is 4.79 Å². The number of fused-ring (bicyclic) bond motifs is 3. The standard InChI is InChI=1S/C24H36O3/c1-3-4-5-6-7-8-11-17(2)27-19-15-21-20-13-10-9-12-18(20)14-22(25)24(21)23(26)16-19/h15-18,20,26H,3-14H2,1-2H3. The number of hydrogen-bond donors (Lipinski definition) is 1. The lowest BCUT2D eigenvalue weighted by Crippen LogP contribution is -2.28. The Hall–Kier alpha value is -1.51. The minimum atomic E-state index is 0.109. The highest BCUT2D eigenvalue weighted by molar-refractivity contribution is 6.01. The summed E-state index contributed by atoms with van der Waals surface area (Å²) in [5, 5.41) is 10.5. The van der Waals surface area contributed by atoms with Gasteiger partial charge in [-0.2, -0.15) is 0 Å². The van der Waals surface area contributed by atoms with E-state index in [-0.39, 0.29) is 17.6 Å². The Morgan fingerprint density at radius 2 is 1.85 bits per heavy atom. The Kier molecular flexibility index (Phi) is 7.20. The molecule has 0 radical (unpaired) electrons. The van der Waals surface area contributed by atoms with E-state index in [4.69, 9.17) is 4.74 Å². The van der Waals surface area contributed by atoms with Crippen molar-refractivity contribution in [1.29, 1.82) is 0 Å². The Balaban J connectivity index is 1.62. The van der Waals surface area contributed by atoms with Gasteiger partial charge in [0.25, 0.3) is 0 Å². The van der Waals surface area contributed by atoms with Crippen LogP contribution >= 0.6 is 0 Å². The summed E-state index contributed by atoms with van der Waals surface area (Å²) in [5.74, 6) is 1.81. The van der Waals surface area contributed by atoms with Crippen LogP contribution in [0.25, 0.3) is 0 Å². The molecule has 0 bridgehead atoms. The monoisotopic (exact) mass is 372 g/mol. The second kappa shape index (κ2) is 9.61. The topological polar surface area (TPSA) is 46.5 Å². The third kappa shape index (κ3) is 5.06. The number of carbonyl (C=O) groups excluding carboxylic acids is 1. The van der Waals surface area contributed by atoms with Crippen molar-refractivity contribution in [2.24, 2.45) is 5.92 Å². The molecule has 0 spiro atoms. The molecule has 0 heterocycles. The van der Waals surface area contributed by atoms with Crippen molar-refractivity contribution in [3.05, 3.63) is 23.3 Å². The van der Waals surface area contributed by atoms with Crippen LogP contribution in [-0.4, -0.2) is 17.0 Å². The molecular weight excluding hydrogens is 336 g/mol. The maximum Gasteiger partial charge on any atom is 0.167 e. The quantitative estimate of drug-likeness (QED) is 0.486. The molecule has 0 saturated heterocycles. The lowest BCUT2D eigenvalue weighted by molar-refractivity contribution is 0.0915. The van der Waals surface area contributed by atoms with Crippen LogP contribution in [0.5, 0.6) is 11.5 Å². The van der Waals surface area contributed by atoms with Crippen molar-refractivity contribution < 1.29 is 14.6 Å². The number of hydrogen-bond acceptors (Lipinski definition) is 3. The number of ketones is 1. The first-order chi connectivity index (χ1) is 13.1. The highest BCUT2D eigenvalue weighted by atomic mass is 16.5. The number of ether oxygens (including phenoxy) is 1. The molecule has 1 aromatic carbocycles. The Morgan fingerprint density at radius 1 is 1.11 bits per heavy atom. The van der Waals surface area contributed by atoms with Gasteiger partial charge in [0.05, 0.1) is 11.7 Å². The Labute approximate surface area is 164 Å². The van der Waals surface area contributed by atoms with Crippen LogP contribution in [0.4, 0.5) is 0 Å². The van der Waals surface area contributed by atoms with Gasteiger partial charge in [-0.1, -0.05) is 51.9 Å². The molecule has 150 valence electrons. The zero-order chi connectivity index (χ0) is 19.2. The molecule has 2 aliphatic rings. The first-order valence-electron chi connectivity index (χ1n) is 11.2. The van der Waals surface area contributed by atoms with Crippen LogP contribution in [-0.2, 0) is 0 Å². The van der Waals surface area contributed by atoms with Crippen LogP contribution in [0.2, 0.25) is 0 Å². The molecule has 2 aliphatic carbocycles. The molecule has 1 aromatic rings. The van der Waals surface area contributed by atoms with Crippen molar-refractivity contribution in [3.63, 3.8) is 0 Å². The van der Waals surface area contributed by atoms with Gasteiger partial charge in [0, 0.05) is 12.5 Å². The van der Waals surface area contributed by atoms with E-state index in [9.17, 15) is 9.90 Å². The van der Waals surface area contributed by atoms with E-state index in [0.29, 0.717) is 23.8 Å². The summed E-state index contributed by atoms with van der Waals surface area (Å²) in [5.41, 5.74) is 1.60. The number of benzene rings is 1. The molecule has 1 saturated carbocycles. The van der Waals surface area contributed by atoms with Crippen molar-refractivity contribution in [2.45, 2.75) is 103 Å². The minimum absolute atomic E-state index is 0.109. The van der Waals surface area contributed by atoms with Gasteiger partial charge >= 0.3 is 0 Å².